The average molecular weight is 341 g/mol. The highest BCUT2D eigenvalue weighted by Crippen LogP contribution is 2.35. The molecule has 1 aromatic carbocycles. The fraction of sp³-hybridized carbons (Fsp3) is 0.647. The van der Waals surface area contributed by atoms with E-state index in [-0.39, 0.29) is 0 Å². The van der Waals surface area contributed by atoms with E-state index in [1.54, 1.807) is 0 Å². The molecule has 2 nitrogen and oxygen atoms in total. The zero-order valence-electron chi connectivity index (χ0n) is 12.7. The molecule has 3 atom stereocenters. The lowest BCUT2D eigenvalue weighted by atomic mass is 9.80. The summed E-state index contributed by atoms with van der Waals surface area (Å²) in [6, 6.07) is 6.22. The van der Waals surface area contributed by atoms with E-state index in [0.717, 1.165) is 41.5 Å². The minimum absolute atomic E-state index is 0.329. The summed E-state index contributed by atoms with van der Waals surface area (Å²) < 4.78 is 11.9. The van der Waals surface area contributed by atoms with Gasteiger partial charge in [0.2, 0.25) is 0 Å². The fourth-order valence-corrected chi connectivity index (χ4v) is 3.13. The molecule has 1 aliphatic carbocycles. The van der Waals surface area contributed by atoms with Gasteiger partial charge in [0.1, 0.15) is 0 Å². The molecule has 0 radical (unpaired) electrons. The van der Waals surface area contributed by atoms with Crippen molar-refractivity contribution < 1.29 is 9.47 Å². The maximum absolute atomic E-state index is 6.22. The van der Waals surface area contributed by atoms with Gasteiger partial charge in [-0.05, 0) is 55.7 Å². The first kappa shape index (κ1) is 15.7. The second kappa shape index (κ2) is 7.35. The van der Waals surface area contributed by atoms with E-state index in [1.807, 2.05) is 13.0 Å². The van der Waals surface area contributed by atoms with Crippen molar-refractivity contribution in [1.29, 1.82) is 0 Å². The van der Waals surface area contributed by atoms with Gasteiger partial charge in [-0.2, -0.15) is 0 Å². The van der Waals surface area contributed by atoms with E-state index in [9.17, 15) is 0 Å². The number of hydrogen-bond acceptors (Lipinski definition) is 2. The van der Waals surface area contributed by atoms with E-state index in [2.05, 4.69) is 41.9 Å². The molecule has 1 aliphatic rings. The van der Waals surface area contributed by atoms with Crippen molar-refractivity contribution in [2.45, 2.75) is 51.5 Å². The minimum atomic E-state index is 0.329. The Balaban J connectivity index is 2.08. The molecule has 3 heteroatoms. The Hall–Kier alpha value is -0.700. The third-order valence-electron chi connectivity index (χ3n) is 4.31. The number of rotatable bonds is 5. The molecule has 20 heavy (non-hydrogen) atoms. The summed E-state index contributed by atoms with van der Waals surface area (Å²) in [5.74, 6) is 3.32. The van der Waals surface area contributed by atoms with Crippen LogP contribution in [0.3, 0.4) is 0 Å². The van der Waals surface area contributed by atoms with Gasteiger partial charge in [0.15, 0.2) is 11.5 Å². The summed E-state index contributed by atoms with van der Waals surface area (Å²) in [5, 5.41) is 0.839. The van der Waals surface area contributed by atoms with Crippen molar-refractivity contribution >= 4 is 15.9 Å². The molecule has 0 N–H and O–H groups in total. The third kappa shape index (κ3) is 3.91. The zero-order valence-corrected chi connectivity index (χ0v) is 14.3. The van der Waals surface area contributed by atoms with Crippen LogP contribution in [-0.2, 0) is 5.33 Å². The van der Waals surface area contributed by atoms with E-state index >= 15 is 0 Å². The summed E-state index contributed by atoms with van der Waals surface area (Å²) in [5.41, 5.74) is 1.21. The van der Waals surface area contributed by atoms with Crippen molar-refractivity contribution in [3.05, 3.63) is 23.8 Å². The summed E-state index contributed by atoms with van der Waals surface area (Å²) in [6.07, 6.45) is 3.88. The predicted molar refractivity (Wildman–Crippen MR) is 86.8 cm³/mol. The SMILES string of the molecule is CCOc1cc(CBr)ccc1OC1CCC(C)C(C)C1. The second-order valence-corrected chi connectivity index (χ2v) is 6.42. The first-order valence-electron chi connectivity index (χ1n) is 7.62. The Morgan fingerprint density at radius 2 is 1.95 bits per heavy atom. The van der Waals surface area contributed by atoms with E-state index < -0.39 is 0 Å². The molecule has 1 aromatic rings. The fourth-order valence-electron chi connectivity index (χ4n) is 2.79. The Kier molecular flexibility index (Phi) is 5.76. The predicted octanol–water partition coefficient (Wildman–Crippen LogP) is 5.18. The molecule has 1 saturated carbocycles. The normalized spacial score (nSPS) is 26.3. The molecule has 0 aliphatic heterocycles. The number of ether oxygens (including phenoxy) is 2. The summed E-state index contributed by atoms with van der Waals surface area (Å²) in [6.45, 7) is 7.35. The second-order valence-electron chi connectivity index (χ2n) is 5.86. The van der Waals surface area contributed by atoms with Gasteiger partial charge in [-0.3, -0.25) is 0 Å². The van der Waals surface area contributed by atoms with Gasteiger partial charge in [0.05, 0.1) is 12.7 Å². The molecular weight excluding hydrogens is 316 g/mol. The number of alkyl halides is 1. The van der Waals surface area contributed by atoms with Crippen LogP contribution in [0.5, 0.6) is 11.5 Å². The standard InChI is InChI=1S/C17H25BrO2/c1-4-19-17-10-14(11-18)6-8-16(17)20-15-7-5-12(2)13(3)9-15/h6,8,10,12-13,15H,4-5,7,9,11H2,1-3H3. The first-order chi connectivity index (χ1) is 9.63. The van der Waals surface area contributed by atoms with Crippen molar-refractivity contribution in [2.24, 2.45) is 11.8 Å². The third-order valence-corrected chi connectivity index (χ3v) is 4.95. The summed E-state index contributed by atoms with van der Waals surface area (Å²) in [4.78, 5) is 0. The Labute approximate surface area is 131 Å². The highest BCUT2D eigenvalue weighted by Gasteiger charge is 2.26. The van der Waals surface area contributed by atoms with Crippen LogP contribution in [0.2, 0.25) is 0 Å². The molecule has 2 rings (SSSR count). The molecule has 112 valence electrons. The molecular formula is C17H25BrO2. The largest absolute Gasteiger partial charge is 0.490 e. The summed E-state index contributed by atoms with van der Waals surface area (Å²) >= 11 is 3.48. The molecule has 3 unspecified atom stereocenters. The van der Waals surface area contributed by atoms with Crippen LogP contribution in [0.4, 0.5) is 0 Å². The quantitative estimate of drug-likeness (QED) is 0.687. The lowest BCUT2D eigenvalue weighted by Crippen LogP contribution is -2.28. The maximum Gasteiger partial charge on any atom is 0.161 e. The Bertz CT molecular complexity index is 433. The van der Waals surface area contributed by atoms with Crippen LogP contribution in [0.1, 0.15) is 45.6 Å². The van der Waals surface area contributed by atoms with E-state index in [0.29, 0.717) is 12.7 Å². The van der Waals surface area contributed by atoms with E-state index in [4.69, 9.17) is 9.47 Å². The van der Waals surface area contributed by atoms with Crippen molar-refractivity contribution in [3.63, 3.8) is 0 Å². The first-order valence-corrected chi connectivity index (χ1v) is 8.74. The lowest BCUT2D eigenvalue weighted by Gasteiger charge is -2.32. The Morgan fingerprint density at radius 3 is 2.60 bits per heavy atom. The van der Waals surface area contributed by atoms with Crippen LogP contribution >= 0.6 is 15.9 Å². The molecule has 0 aromatic heterocycles. The van der Waals surface area contributed by atoms with Crippen molar-refractivity contribution in [2.75, 3.05) is 6.61 Å². The lowest BCUT2D eigenvalue weighted by molar-refractivity contribution is 0.0969. The molecule has 0 heterocycles. The van der Waals surface area contributed by atoms with Crippen LogP contribution in [0.15, 0.2) is 18.2 Å². The van der Waals surface area contributed by atoms with Gasteiger partial charge in [-0.1, -0.05) is 35.8 Å². The van der Waals surface area contributed by atoms with Crippen molar-refractivity contribution in [3.8, 4) is 11.5 Å². The smallest absolute Gasteiger partial charge is 0.161 e. The van der Waals surface area contributed by atoms with Crippen molar-refractivity contribution in [1.82, 2.24) is 0 Å². The van der Waals surface area contributed by atoms with Gasteiger partial charge in [-0.15, -0.1) is 0 Å². The number of halogens is 1. The highest BCUT2D eigenvalue weighted by molar-refractivity contribution is 9.08. The van der Waals surface area contributed by atoms with Crippen LogP contribution < -0.4 is 9.47 Å². The maximum atomic E-state index is 6.22. The molecule has 0 spiro atoms. The molecule has 0 amide bonds. The van der Waals surface area contributed by atoms with Crippen LogP contribution in [0.25, 0.3) is 0 Å². The minimum Gasteiger partial charge on any atom is -0.490 e. The van der Waals surface area contributed by atoms with Gasteiger partial charge in [0, 0.05) is 5.33 Å². The average Bonchev–Trinajstić information content (AvgIpc) is 2.45. The van der Waals surface area contributed by atoms with Gasteiger partial charge in [-0.25, -0.2) is 0 Å². The zero-order chi connectivity index (χ0) is 14.5. The Morgan fingerprint density at radius 1 is 1.15 bits per heavy atom. The van der Waals surface area contributed by atoms with Crippen LogP contribution in [0, 0.1) is 11.8 Å². The molecule has 0 bridgehead atoms. The summed E-state index contributed by atoms with van der Waals surface area (Å²) in [7, 11) is 0. The topological polar surface area (TPSA) is 18.5 Å². The number of hydrogen-bond donors (Lipinski definition) is 0. The monoisotopic (exact) mass is 340 g/mol. The highest BCUT2D eigenvalue weighted by atomic mass is 79.9. The molecule has 1 fully saturated rings. The van der Waals surface area contributed by atoms with E-state index in [1.165, 1.54) is 12.0 Å². The van der Waals surface area contributed by atoms with Gasteiger partial charge >= 0.3 is 0 Å². The molecule has 0 saturated heterocycles. The van der Waals surface area contributed by atoms with Gasteiger partial charge in [0.25, 0.3) is 0 Å². The number of benzene rings is 1. The van der Waals surface area contributed by atoms with Gasteiger partial charge < -0.3 is 9.47 Å². The van der Waals surface area contributed by atoms with Crippen LogP contribution in [-0.4, -0.2) is 12.7 Å².